The van der Waals surface area contributed by atoms with E-state index in [9.17, 15) is 9.18 Å². The molecule has 1 saturated carbocycles. The SMILES string of the molecule is CCCCCC1CCC(OC(=O)c2ccc3c(c2F)C(F)(F)C(F)(F)c2c-3ccc(CCC)c2F)CC1. The minimum Gasteiger partial charge on any atom is -0.459 e. The molecule has 0 radical (unpaired) electrons. The van der Waals surface area contributed by atoms with Crippen molar-refractivity contribution in [2.75, 3.05) is 0 Å². The van der Waals surface area contributed by atoms with Crippen LogP contribution in [0.25, 0.3) is 11.1 Å². The summed E-state index contributed by atoms with van der Waals surface area (Å²) < 4.78 is 96.3. The monoisotopic (exact) mass is 526 g/mol. The molecule has 2 aromatic carbocycles. The van der Waals surface area contributed by atoms with Gasteiger partial charge < -0.3 is 4.74 Å². The Kier molecular flexibility index (Phi) is 7.96. The standard InChI is InChI=1S/C29H32F6O2/c1-3-5-6-8-17-9-12-19(13-10-17)37-27(36)22-16-15-21-20-14-11-18(7-4-2)25(30)23(20)28(32,33)29(34,35)24(21)26(22)31/h11,14-17,19H,3-10,12-13H2,1-2H3. The molecule has 0 atom stereocenters. The van der Waals surface area contributed by atoms with Gasteiger partial charge in [-0.05, 0) is 60.8 Å². The number of unbranched alkanes of at least 4 members (excludes halogenated alkanes) is 2. The van der Waals surface area contributed by atoms with Crippen molar-refractivity contribution in [3.05, 3.63) is 58.2 Å². The molecule has 0 unspecified atom stereocenters. The summed E-state index contributed by atoms with van der Waals surface area (Å²) in [6, 6.07) is 4.29. The molecule has 0 spiro atoms. The highest BCUT2D eigenvalue weighted by Crippen LogP contribution is 2.59. The van der Waals surface area contributed by atoms with Crippen molar-refractivity contribution in [3.63, 3.8) is 0 Å². The highest BCUT2D eigenvalue weighted by Gasteiger charge is 2.65. The first kappa shape index (κ1) is 27.5. The molecule has 2 nitrogen and oxygen atoms in total. The van der Waals surface area contributed by atoms with E-state index in [1.165, 1.54) is 6.07 Å². The Morgan fingerprint density at radius 1 is 0.838 bits per heavy atom. The van der Waals surface area contributed by atoms with Crippen molar-refractivity contribution in [2.24, 2.45) is 5.92 Å². The second-order valence-electron chi connectivity index (χ2n) is 10.3. The number of ether oxygens (including phenoxy) is 1. The number of carbonyl (C=O) groups is 1. The summed E-state index contributed by atoms with van der Waals surface area (Å²) in [4.78, 5) is 12.7. The lowest BCUT2D eigenvalue weighted by Crippen LogP contribution is -2.41. The van der Waals surface area contributed by atoms with E-state index in [-0.39, 0.29) is 12.0 Å². The van der Waals surface area contributed by atoms with Crippen molar-refractivity contribution in [2.45, 2.75) is 96.0 Å². The van der Waals surface area contributed by atoms with Gasteiger partial charge in [-0.15, -0.1) is 0 Å². The Morgan fingerprint density at radius 3 is 2.03 bits per heavy atom. The summed E-state index contributed by atoms with van der Waals surface area (Å²) >= 11 is 0. The van der Waals surface area contributed by atoms with E-state index in [4.69, 9.17) is 4.74 Å². The maximum Gasteiger partial charge on any atom is 0.343 e. The van der Waals surface area contributed by atoms with Gasteiger partial charge in [0.15, 0.2) is 0 Å². The van der Waals surface area contributed by atoms with Gasteiger partial charge in [-0.1, -0.05) is 64.2 Å². The third-order valence-electron chi connectivity index (χ3n) is 7.70. The number of hydrogen-bond donors (Lipinski definition) is 0. The van der Waals surface area contributed by atoms with Crippen LogP contribution in [0.3, 0.4) is 0 Å². The van der Waals surface area contributed by atoms with E-state index in [0.717, 1.165) is 56.7 Å². The molecule has 4 rings (SSSR count). The zero-order valence-electron chi connectivity index (χ0n) is 21.1. The minimum atomic E-state index is -5.07. The lowest BCUT2D eigenvalue weighted by atomic mass is 9.78. The zero-order valence-corrected chi connectivity index (χ0v) is 21.1. The molecule has 1 fully saturated rings. The van der Waals surface area contributed by atoms with E-state index in [2.05, 4.69) is 6.92 Å². The molecule has 202 valence electrons. The lowest BCUT2D eigenvalue weighted by molar-refractivity contribution is -0.227. The van der Waals surface area contributed by atoms with Gasteiger partial charge in [0.2, 0.25) is 0 Å². The first-order chi connectivity index (χ1) is 17.5. The second kappa shape index (κ2) is 10.7. The Hall–Kier alpha value is -2.51. The summed E-state index contributed by atoms with van der Waals surface area (Å²) in [5, 5.41) is 0. The van der Waals surface area contributed by atoms with E-state index < -0.39 is 63.4 Å². The van der Waals surface area contributed by atoms with Gasteiger partial charge in [-0.3, -0.25) is 0 Å². The summed E-state index contributed by atoms with van der Waals surface area (Å²) in [5.74, 6) is -13.9. The zero-order chi connectivity index (χ0) is 27.0. The third-order valence-corrected chi connectivity index (χ3v) is 7.70. The number of carbonyl (C=O) groups excluding carboxylic acids is 1. The van der Waals surface area contributed by atoms with Crippen LogP contribution in [-0.2, 0) is 23.0 Å². The lowest BCUT2D eigenvalue weighted by Gasteiger charge is -2.36. The number of hydrogen-bond acceptors (Lipinski definition) is 2. The highest BCUT2D eigenvalue weighted by atomic mass is 19.3. The fraction of sp³-hybridized carbons (Fsp3) is 0.552. The van der Waals surface area contributed by atoms with Crippen LogP contribution in [0.4, 0.5) is 26.3 Å². The number of benzene rings is 2. The van der Waals surface area contributed by atoms with Crippen LogP contribution in [0.5, 0.6) is 0 Å². The van der Waals surface area contributed by atoms with Crippen LogP contribution in [0.15, 0.2) is 24.3 Å². The average Bonchev–Trinajstić information content (AvgIpc) is 2.85. The summed E-state index contributed by atoms with van der Waals surface area (Å²) in [6.07, 6.45) is 7.41. The first-order valence-corrected chi connectivity index (χ1v) is 13.2. The number of esters is 1. The van der Waals surface area contributed by atoms with Crippen molar-refractivity contribution in [1.29, 1.82) is 0 Å². The van der Waals surface area contributed by atoms with Gasteiger partial charge >= 0.3 is 17.8 Å². The molecule has 8 heteroatoms. The van der Waals surface area contributed by atoms with E-state index in [0.29, 0.717) is 25.2 Å². The van der Waals surface area contributed by atoms with Gasteiger partial charge in [-0.2, -0.15) is 17.6 Å². The molecule has 0 saturated heterocycles. The molecule has 0 bridgehead atoms. The fourth-order valence-corrected chi connectivity index (χ4v) is 5.63. The highest BCUT2D eigenvalue weighted by molar-refractivity contribution is 5.92. The van der Waals surface area contributed by atoms with Crippen molar-refractivity contribution >= 4 is 5.97 Å². The van der Waals surface area contributed by atoms with Gasteiger partial charge in [0, 0.05) is 0 Å². The number of fused-ring (bicyclic) bond motifs is 3. The Morgan fingerprint density at radius 2 is 1.43 bits per heavy atom. The minimum absolute atomic E-state index is 0.0907. The molecule has 2 aliphatic carbocycles. The molecule has 0 aromatic heterocycles. The van der Waals surface area contributed by atoms with E-state index in [1.54, 1.807) is 6.92 Å². The van der Waals surface area contributed by atoms with Crippen molar-refractivity contribution < 1.29 is 35.9 Å². The summed E-state index contributed by atoms with van der Waals surface area (Å²) in [5.41, 5.74) is -5.06. The topological polar surface area (TPSA) is 26.3 Å². The Bertz CT molecular complexity index is 1150. The summed E-state index contributed by atoms with van der Waals surface area (Å²) in [7, 11) is 0. The number of halogens is 6. The van der Waals surface area contributed by atoms with E-state index in [1.807, 2.05) is 0 Å². The van der Waals surface area contributed by atoms with Crippen LogP contribution >= 0.6 is 0 Å². The molecular formula is C29H32F6O2. The molecule has 0 aliphatic heterocycles. The summed E-state index contributed by atoms with van der Waals surface area (Å²) in [6.45, 7) is 3.84. The van der Waals surface area contributed by atoms with Crippen LogP contribution < -0.4 is 0 Å². The number of aryl methyl sites for hydroxylation is 1. The predicted molar refractivity (Wildman–Crippen MR) is 129 cm³/mol. The van der Waals surface area contributed by atoms with Gasteiger partial charge in [0.25, 0.3) is 0 Å². The molecule has 0 heterocycles. The van der Waals surface area contributed by atoms with Crippen LogP contribution in [0.2, 0.25) is 0 Å². The van der Waals surface area contributed by atoms with Gasteiger partial charge in [0.1, 0.15) is 17.7 Å². The maximum absolute atomic E-state index is 15.4. The number of rotatable bonds is 8. The molecule has 0 N–H and O–H groups in total. The molecule has 2 aliphatic rings. The normalized spacial score (nSPS) is 21.7. The first-order valence-electron chi connectivity index (χ1n) is 13.2. The predicted octanol–water partition coefficient (Wildman–Crippen LogP) is 9.08. The maximum atomic E-state index is 15.4. The molecular weight excluding hydrogens is 494 g/mol. The average molecular weight is 527 g/mol. The molecule has 0 amide bonds. The fourth-order valence-electron chi connectivity index (χ4n) is 5.63. The molecule has 2 aromatic rings. The van der Waals surface area contributed by atoms with E-state index >= 15 is 22.0 Å². The van der Waals surface area contributed by atoms with Crippen LogP contribution in [-0.4, -0.2) is 12.1 Å². The van der Waals surface area contributed by atoms with Crippen LogP contribution in [0.1, 0.15) is 98.7 Å². The van der Waals surface area contributed by atoms with Crippen LogP contribution in [0, 0.1) is 17.6 Å². The number of alkyl halides is 4. The quantitative estimate of drug-likeness (QED) is 0.195. The Labute approximate surface area is 213 Å². The van der Waals surface area contributed by atoms with Crippen molar-refractivity contribution in [1.82, 2.24) is 0 Å². The van der Waals surface area contributed by atoms with Crippen molar-refractivity contribution in [3.8, 4) is 11.1 Å². The second-order valence-corrected chi connectivity index (χ2v) is 10.3. The smallest absolute Gasteiger partial charge is 0.343 e. The Balaban J connectivity index is 1.62. The van der Waals surface area contributed by atoms with Gasteiger partial charge in [0.05, 0.1) is 16.7 Å². The van der Waals surface area contributed by atoms with Gasteiger partial charge in [-0.25, -0.2) is 13.6 Å². The largest absolute Gasteiger partial charge is 0.459 e. The molecule has 37 heavy (non-hydrogen) atoms. The third kappa shape index (κ3) is 4.88.